The largest absolute Gasteiger partial charge is 0.311 e. The molecule has 0 atom stereocenters. The molecule has 0 radical (unpaired) electrons. The monoisotopic (exact) mass is 259 g/mol. The predicted molar refractivity (Wildman–Crippen MR) is 74.6 cm³/mol. The molecule has 0 saturated heterocycles. The summed E-state index contributed by atoms with van der Waals surface area (Å²) < 4.78 is 4.20. The molecule has 1 aliphatic heterocycles. The summed E-state index contributed by atoms with van der Waals surface area (Å²) in [7, 11) is 1.97. The van der Waals surface area contributed by atoms with E-state index in [-0.39, 0.29) is 0 Å². The zero-order valence-electron chi connectivity index (χ0n) is 12.1. The van der Waals surface area contributed by atoms with Crippen molar-refractivity contribution in [2.75, 3.05) is 6.54 Å². The highest BCUT2D eigenvalue weighted by atomic mass is 15.3. The lowest BCUT2D eigenvalue weighted by molar-refractivity contribution is 0.619. The van der Waals surface area contributed by atoms with Gasteiger partial charge in [0.1, 0.15) is 5.82 Å². The molecule has 5 heteroatoms. The van der Waals surface area contributed by atoms with Crippen LogP contribution in [0.2, 0.25) is 0 Å². The van der Waals surface area contributed by atoms with Crippen LogP contribution in [0.25, 0.3) is 5.69 Å². The fourth-order valence-corrected chi connectivity index (χ4v) is 2.79. The number of aryl methyl sites for hydroxylation is 2. The molecule has 0 saturated carbocycles. The Morgan fingerprint density at radius 1 is 1.37 bits per heavy atom. The van der Waals surface area contributed by atoms with Crippen LogP contribution in [-0.4, -0.2) is 25.9 Å². The van der Waals surface area contributed by atoms with Crippen LogP contribution in [0.15, 0.2) is 6.20 Å². The number of imidazole rings is 1. The van der Waals surface area contributed by atoms with E-state index in [0.717, 1.165) is 31.0 Å². The third kappa shape index (κ3) is 1.98. The average molecular weight is 259 g/mol. The molecule has 102 valence electrons. The molecule has 0 spiro atoms. The Morgan fingerprint density at radius 2 is 2.16 bits per heavy atom. The first-order chi connectivity index (χ1) is 9.08. The summed E-state index contributed by atoms with van der Waals surface area (Å²) in [4.78, 5) is 4.84. The number of hydrogen-bond acceptors (Lipinski definition) is 3. The number of nitrogens with one attached hydrogen (secondary N) is 1. The van der Waals surface area contributed by atoms with Crippen LogP contribution in [0.1, 0.15) is 42.7 Å². The number of aromatic nitrogens is 4. The van der Waals surface area contributed by atoms with Gasteiger partial charge in [-0.15, -0.1) is 0 Å². The van der Waals surface area contributed by atoms with E-state index >= 15 is 0 Å². The number of rotatable bonds is 2. The van der Waals surface area contributed by atoms with Crippen molar-refractivity contribution in [3.8, 4) is 5.69 Å². The van der Waals surface area contributed by atoms with Crippen LogP contribution in [0.3, 0.4) is 0 Å². The summed E-state index contributed by atoms with van der Waals surface area (Å²) in [6, 6.07) is 0. The summed E-state index contributed by atoms with van der Waals surface area (Å²) >= 11 is 0. The van der Waals surface area contributed by atoms with E-state index in [1.54, 1.807) is 0 Å². The van der Waals surface area contributed by atoms with Gasteiger partial charge >= 0.3 is 0 Å². The number of fused-ring (bicyclic) bond motifs is 1. The van der Waals surface area contributed by atoms with E-state index in [4.69, 9.17) is 4.98 Å². The Kier molecular flexibility index (Phi) is 2.93. The first-order valence-electron chi connectivity index (χ1n) is 6.89. The molecule has 0 bridgehead atoms. The molecule has 0 unspecified atom stereocenters. The highest BCUT2D eigenvalue weighted by Gasteiger charge is 2.23. The number of nitrogens with zero attached hydrogens (tertiary/aromatic N) is 4. The van der Waals surface area contributed by atoms with Crippen molar-refractivity contribution in [1.82, 2.24) is 24.6 Å². The van der Waals surface area contributed by atoms with Gasteiger partial charge in [-0.25, -0.2) is 4.98 Å². The van der Waals surface area contributed by atoms with Gasteiger partial charge in [0.15, 0.2) is 0 Å². The number of hydrogen-bond donors (Lipinski definition) is 1. The van der Waals surface area contributed by atoms with Crippen LogP contribution in [0, 0.1) is 6.92 Å². The molecule has 1 N–H and O–H groups in total. The topological polar surface area (TPSA) is 47.7 Å². The van der Waals surface area contributed by atoms with Gasteiger partial charge in [0.2, 0.25) is 0 Å². The second-order valence-electron chi connectivity index (χ2n) is 5.55. The zero-order chi connectivity index (χ0) is 13.6. The van der Waals surface area contributed by atoms with Crippen LogP contribution in [0.5, 0.6) is 0 Å². The fraction of sp³-hybridized carbons (Fsp3) is 0.571. The third-order valence-electron chi connectivity index (χ3n) is 3.66. The Hall–Kier alpha value is -1.62. The van der Waals surface area contributed by atoms with Crippen molar-refractivity contribution < 1.29 is 0 Å². The molecule has 1 aliphatic rings. The van der Waals surface area contributed by atoms with Gasteiger partial charge in [0.05, 0.1) is 17.1 Å². The van der Waals surface area contributed by atoms with Gasteiger partial charge in [0.25, 0.3) is 0 Å². The molecule has 3 rings (SSSR count). The summed E-state index contributed by atoms with van der Waals surface area (Å²) in [5.74, 6) is 1.55. The molecule has 2 aromatic heterocycles. The lowest BCUT2D eigenvalue weighted by Gasteiger charge is -2.16. The van der Waals surface area contributed by atoms with Crippen molar-refractivity contribution in [3.63, 3.8) is 0 Å². The second kappa shape index (κ2) is 4.49. The van der Waals surface area contributed by atoms with Crippen molar-refractivity contribution in [2.24, 2.45) is 7.05 Å². The molecule has 0 fully saturated rings. The van der Waals surface area contributed by atoms with Gasteiger partial charge < -0.3 is 5.32 Å². The minimum Gasteiger partial charge on any atom is -0.311 e. The van der Waals surface area contributed by atoms with Gasteiger partial charge in [-0.05, 0) is 6.92 Å². The molecular weight excluding hydrogens is 238 g/mol. The van der Waals surface area contributed by atoms with E-state index in [2.05, 4.69) is 42.0 Å². The van der Waals surface area contributed by atoms with E-state index in [9.17, 15) is 0 Å². The Morgan fingerprint density at radius 3 is 2.79 bits per heavy atom. The SMILES string of the molecule is Cc1nn(C)cc1-n1c(C(C)C)nc2c1CCNC2. The van der Waals surface area contributed by atoms with Crippen molar-refractivity contribution in [1.29, 1.82) is 0 Å². The molecule has 3 heterocycles. The molecule has 0 aromatic carbocycles. The van der Waals surface area contributed by atoms with Crippen LogP contribution >= 0.6 is 0 Å². The Bertz CT molecular complexity index is 606. The smallest absolute Gasteiger partial charge is 0.116 e. The normalized spacial score (nSPS) is 15.0. The van der Waals surface area contributed by atoms with E-state index < -0.39 is 0 Å². The van der Waals surface area contributed by atoms with Gasteiger partial charge in [-0.1, -0.05) is 13.8 Å². The minimum absolute atomic E-state index is 0.408. The molecule has 0 amide bonds. The summed E-state index contributed by atoms with van der Waals surface area (Å²) in [5, 5.41) is 7.86. The quantitative estimate of drug-likeness (QED) is 0.892. The maximum atomic E-state index is 4.84. The standard InChI is InChI=1S/C14H21N5/c1-9(2)14-16-11-7-15-6-5-12(11)19(14)13-8-18(4)17-10(13)3/h8-9,15H,5-7H2,1-4H3. The summed E-state index contributed by atoms with van der Waals surface area (Å²) in [5.41, 5.74) is 4.77. The van der Waals surface area contributed by atoms with Gasteiger partial charge in [0, 0.05) is 44.4 Å². The first-order valence-corrected chi connectivity index (χ1v) is 6.89. The Balaban J connectivity index is 2.23. The summed E-state index contributed by atoms with van der Waals surface area (Å²) in [6.45, 7) is 8.36. The van der Waals surface area contributed by atoms with Crippen LogP contribution in [-0.2, 0) is 20.0 Å². The van der Waals surface area contributed by atoms with Crippen LogP contribution < -0.4 is 5.32 Å². The molecule has 5 nitrogen and oxygen atoms in total. The molecule has 0 aliphatic carbocycles. The highest BCUT2D eigenvalue weighted by Crippen LogP contribution is 2.27. The lowest BCUT2D eigenvalue weighted by atomic mass is 10.1. The summed E-state index contributed by atoms with van der Waals surface area (Å²) in [6.07, 6.45) is 3.12. The van der Waals surface area contributed by atoms with Crippen molar-refractivity contribution >= 4 is 0 Å². The predicted octanol–water partition coefficient (Wildman–Crippen LogP) is 1.68. The van der Waals surface area contributed by atoms with Crippen LogP contribution in [0.4, 0.5) is 0 Å². The van der Waals surface area contributed by atoms with E-state index in [0.29, 0.717) is 5.92 Å². The fourth-order valence-electron chi connectivity index (χ4n) is 2.79. The average Bonchev–Trinajstić information content (AvgIpc) is 2.89. The van der Waals surface area contributed by atoms with Crippen molar-refractivity contribution in [3.05, 3.63) is 29.1 Å². The van der Waals surface area contributed by atoms with E-state index in [1.165, 1.54) is 17.1 Å². The maximum Gasteiger partial charge on any atom is 0.116 e. The van der Waals surface area contributed by atoms with E-state index in [1.807, 2.05) is 11.7 Å². The third-order valence-corrected chi connectivity index (χ3v) is 3.66. The molecule has 19 heavy (non-hydrogen) atoms. The maximum absolute atomic E-state index is 4.84. The molecule has 2 aromatic rings. The van der Waals surface area contributed by atoms with Crippen molar-refractivity contribution in [2.45, 2.75) is 39.7 Å². The highest BCUT2D eigenvalue weighted by molar-refractivity contribution is 5.41. The first kappa shape index (κ1) is 12.4. The second-order valence-corrected chi connectivity index (χ2v) is 5.55. The minimum atomic E-state index is 0.408. The lowest BCUT2D eigenvalue weighted by Crippen LogP contribution is -2.24. The van der Waals surface area contributed by atoms with Gasteiger partial charge in [-0.3, -0.25) is 9.25 Å². The van der Waals surface area contributed by atoms with Gasteiger partial charge in [-0.2, -0.15) is 5.10 Å². The zero-order valence-corrected chi connectivity index (χ0v) is 12.1. The Labute approximate surface area is 113 Å². The molecular formula is C14H21N5.